The van der Waals surface area contributed by atoms with Crippen LogP contribution >= 0.6 is 0 Å². The third-order valence-corrected chi connectivity index (χ3v) is 5.08. The van der Waals surface area contributed by atoms with Crippen LogP contribution in [-0.2, 0) is 0 Å². The average Bonchev–Trinajstić information content (AvgIpc) is 2.89. The molecule has 0 heterocycles. The van der Waals surface area contributed by atoms with Gasteiger partial charge >= 0.3 is 6.09 Å². The molecule has 5 nitrogen and oxygen atoms in total. The Morgan fingerprint density at radius 3 is 1.82 bits per heavy atom. The van der Waals surface area contributed by atoms with Crippen LogP contribution in [0.25, 0.3) is 6.08 Å². The summed E-state index contributed by atoms with van der Waals surface area (Å²) in [5.74, 6) is 0.552. The van der Waals surface area contributed by atoms with Gasteiger partial charge in [-0.1, -0.05) is 78.9 Å². The molecular weight excluding hydrogens is 426 g/mol. The van der Waals surface area contributed by atoms with Gasteiger partial charge in [-0.3, -0.25) is 4.79 Å². The number of hydrogen-bond donors (Lipinski definition) is 0. The standard InChI is InChI=1S/C29H23NO4/c1-33-28-21-22(17-19-26(31)23-11-5-2-6-12-23)18-20-27(28)34-29(32)30(24-13-7-3-8-14-24)25-15-9-4-10-16-25/h2-21H,1H3. The smallest absolute Gasteiger partial charge is 0.424 e. The van der Waals surface area contributed by atoms with Gasteiger partial charge in [-0.15, -0.1) is 0 Å². The van der Waals surface area contributed by atoms with Crippen molar-refractivity contribution < 1.29 is 19.1 Å². The Hall–Kier alpha value is -4.64. The first-order chi connectivity index (χ1) is 16.7. The van der Waals surface area contributed by atoms with E-state index >= 15 is 0 Å². The van der Waals surface area contributed by atoms with Crippen LogP contribution in [0.5, 0.6) is 11.5 Å². The maximum atomic E-state index is 13.2. The van der Waals surface area contributed by atoms with Crippen molar-refractivity contribution in [2.45, 2.75) is 0 Å². The van der Waals surface area contributed by atoms with E-state index in [1.54, 1.807) is 36.4 Å². The van der Waals surface area contributed by atoms with Gasteiger partial charge in [-0.05, 0) is 48.0 Å². The van der Waals surface area contributed by atoms with Gasteiger partial charge in [0.15, 0.2) is 17.3 Å². The number of para-hydroxylation sites is 2. The number of hydrogen-bond acceptors (Lipinski definition) is 4. The lowest BCUT2D eigenvalue weighted by molar-refractivity contribution is 0.104. The van der Waals surface area contributed by atoms with Crippen LogP contribution in [0.15, 0.2) is 115 Å². The predicted octanol–water partition coefficient (Wildman–Crippen LogP) is 6.93. The molecule has 0 N–H and O–H groups in total. The number of nitrogens with zero attached hydrogens (tertiary/aromatic N) is 1. The van der Waals surface area contributed by atoms with Crippen LogP contribution in [0, 0.1) is 0 Å². The fourth-order valence-electron chi connectivity index (χ4n) is 3.40. The van der Waals surface area contributed by atoms with Crippen molar-refractivity contribution in [2.24, 2.45) is 0 Å². The molecule has 168 valence electrons. The van der Waals surface area contributed by atoms with Crippen molar-refractivity contribution in [3.05, 3.63) is 126 Å². The highest BCUT2D eigenvalue weighted by Gasteiger charge is 2.21. The maximum absolute atomic E-state index is 13.2. The number of methoxy groups -OCH3 is 1. The Kier molecular flexibility index (Phi) is 7.16. The Morgan fingerprint density at radius 1 is 0.706 bits per heavy atom. The van der Waals surface area contributed by atoms with E-state index in [1.165, 1.54) is 18.1 Å². The molecule has 0 aliphatic rings. The van der Waals surface area contributed by atoms with Gasteiger partial charge in [0.1, 0.15) is 0 Å². The zero-order valence-electron chi connectivity index (χ0n) is 18.6. The molecule has 0 saturated carbocycles. The van der Waals surface area contributed by atoms with Crippen molar-refractivity contribution in [3.8, 4) is 11.5 Å². The molecule has 0 bridgehead atoms. The second-order valence-corrected chi connectivity index (χ2v) is 7.35. The predicted molar refractivity (Wildman–Crippen MR) is 134 cm³/mol. The molecule has 0 atom stereocenters. The molecule has 0 unspecified atom stereocenters. The summed E-state index contributed by atoms with van der Waals surface area (Å²) >= 11 is 0. The van der Waals surface area contributed by atoms with E-state index in [1.807, 2.05) is 78.9 Å². The SMILES string of the molecule is COc1cc(C=CC(=O)c2ccccc2)ccc1OC(=O)N(c1ccccc1)c1ccccc1. The largest absolute Gasteiger partial charge is 0.493 e. The summed E-state index contributed by atoms with van der Waals surface area (Å²) in [6, 6.07) is 32.7. The molecule has 0 aliphatic carbocycles. The fourth-order valence-corrected chi connectivity index (χ4v) is 3.40. The first-order valence-electron chi connectivity index (χ1n) is 10.7. The quantitative estimate of drug-likeness (QED) is 0.227. The number of rotatable bonds is 7. The summed E-state index contributed by atoms with van der Waals surface area (Å²) in [5.41, 5.74) is 2.70. The van der Waals surface area contributed by atoms with Crippen LogP contribution < -0.4 is 14.4 Å². The number of carbonyl (C=O) groups excluding carboxylic acids is 2. The lowest BCUT2D eigenvalue weighted by Crippen LogP contribution is -2.29. The van der Waals surface area contributed by atoms with Crippen molar-refractivity contribution in [1.82, 2.24) is 0 Å². The molecule has 4 aromatic rings. The zero-order valence-corrected chi connectivity index (χ0v) is 18.6. The summed E-state index contributed by atoms with van der Waals surface area (Å²) in [7, 11) is 1.50. The zero-order chi connectivity index (χ0) is 23.8. The minimum atomic E-state index is -0.571. The minimum Gasteiger partial charge on any atom is -0.493 e. The molecule has 4 aromatic carbocycles. The van der Waals surface area contributed by atoms with E-state index in [9.17, 15) is 9.59 Å². The average molecular weight is 450 g/mol. The second-order valence-electron chi connectivity index (χ2n) is 7.35. The Labute approximate surface area is 198 Å². The highest BCUT2D eigenvalue weighted by atomic mass is 16.6. The van der Waals surface area contributed by atoms with Gasteiger partial charge in [-0.2, -0.15) is 0 Å². The molecular formula is C29H23NO4. The van der Waals surface area contributed by atoms with Crippen LogP contribution in [0.3, 0.4) is 0 Å². The third-order valence-electron chi connectivity index (χ3n) is 5.08. The summed E-state index contributed by atoms with van der Waals surface area (Å²) in [5, 5.41) is 0. The molecule has 1 amide bonds. The first-order valence-corrected chi connectivity index (χ1v) is 10.7. The third kappa shape index (κ3) is 5.40. The van der Waals surface area contributed by atoms with Crippen molar-refractivity contribution >= 4 is 29.3 Å². The monoisotopic (exact) mass is 449 g/mol. The summed E-state index contributed by atoms with van der Waals surface area (Å²) < 4.78 is 11.2. The molecule has 0 aromatic heterocycles. The molecule has 0 spiro atoms. The maximum Gasteiger partial charge on any atom is 0.424 e. The first kappa shape index (κ1) is 22.6. The van der Waals surface area contributed by atoms with Crippen molar-refractivity contribution in [1.29, 1.82) is 0 Å². The van der Waals surface area contributed by atoms with Gasteiger partial charge in [0, 0.05) is 5.56 Å². The van der Waals surface area contributed by atoms with E-state index in [0.717, 1.165) is 5.56 Å². The van der Waals surface area contributed by atoms with E-state index in [4.69, 9.17) is 9.47 Å². The minimum absolute atomic E-state index is 0.101. The van der Waals surface area contributed by atoms with E-state index in [-0.39, 0.29) is 11.5 Å². The van der Waals surface area contributed by atoms with Crippen molar-refractivity contribution in [2.75, 3.05) is 12.0 Å². The molecule has 5 heteroatoms. The molecule has 34 heavy (non-hydrogen) atoms. The number of carbonyl (C=O) groups is 2. The van der Waals surface area contributed by atoms with Gasteiger partial charge in [-0.25, -0.2) is 9.69 Å². The molecule has 0 saturated heterocycles. The Morgan fingerprint density at radius 2 is 1.26 bits per heavy atom. The number of allylic oxidation sites excluding steroid dienone is 1. The number of ether oxygens (including phenoxy) is 2. The van der Waals surface area contributed by atoms with Crippen LogP contribution in [0.1, 0.15) is 15.9 Å². The number of ketones is 1. The highest BCUT2D eigenvalue weighted by Crippen LogP contribution is 2.32. The van der Waals surface area contributed by atoms with Crippen LogP contribution in [0.4, 0.5) is 16.2 Å². The fraction of sp³-hybridized carbons (Fsp3) is 0.0345. The van der Waals surface area contributed by atoms with Crippen LogP contribution in [-0.4, -0.2) is 19.0 Å². The number of anilines is 2. The normalized spacial score (nSPS) is 10.6. The lowest BCUT2D eigenvalue weighted by atomic mass is 10.1. The van der Waals surface area contributed by atoms with Crippen molar-refractivity contribution in [3.63, 3.8) is 0 Å². The molecule has 0 radical (unpaired) electrons. The number of amides is 1. The van der Waals surface area contributed by atoms with Gasteiger partial charge in [0.2, 0.25) is 0 Å². The number of benzene rings is 4. The Balaban J connectivity index is 1.56. The Bertz CT molecular complexity index is 1250. The van der Waals surface area contributed by atoms with Gasteiger partial charge in [0.05, 0.1) is 18.5 Å². The van der Waals surface area contributed by atoms with E-state index in [0.29, 0.717) is 22.7 Å². The second kappa shape index (κ2) is 10.8. The van der Waals surface area contributed by atoms with E-state index < -0.39 is 6.09 Å². The van der Waals surface area contributed by atoms with Gasteiger partial charge in [0.25, 0.3) is 0 Å². The molecule has 0 aliphatic heterocycles. The summed E-state index contributed by atoms with van der Waals surface area (Å²) in [6.07, 6.45) is 2.63. The van der Waals surface area contributed by atoms with Gasteiger partial charge < -0.3 is 9.47 Å². The highest BCUT2D eigenvalue weighted by molar-refractivity contribution is 6.06. The summed E-state index contributed by atoms with van der Waals surface area (Å²) in [6.45, 7) is 0. The summed E-state index contributed by atoms with van der Waals surface area (Å²) in [4.78, 5) is 27.1. The van der Waals surface area contributed by atoms with E-state index in [2.05, 4.69) is 0 Å². The molecule has 4 rings (SSSR count). The van der Waals surface area contributed by atoms with Crippen LogP contribution in [0.2, 0.25) is 0 Å². The lowest BCUT2D eigenvalue weighted by Gasteiger charge is -2.22. The molecule has 0 fully saturated rings. The topological polar surface area (TPSA) is 55.8 Å².